The molecule has 3 N–H and O–H groups in total. The fourth-order valence-electron chi connectivity index (χ4n) is 3.45. The Morgan fingerprint density at radius 1 is 1.19 bits per heavy atom. The van der Waals surface area contributed by atoms with Gasteiger partial charge in [-0.15, -0.1) is 0 Å². The van der Waals surface area contributed by atoms with Gasteiger partial charge in [-0.2, -0.15) is 0 Å². The van der Waals surface area contributed by atoms with Crippen LogP contribution in [0.5, 0.6) is 5.75 Å². The maximum Gasteiger partial charge on any atom is 0.258 e. The molecule has 1 fully saturated rings. The zero-order valence-electron chi connectivity index (χ0n) is 14.2. The molecule has 3 aromatic rings. The molecule has 0 saturated carbocycles. The molecule has 1 aliphatic heterocycles. The second-order valence-corrected chi connectivity index (χ2v) is 7.01. The lowest BCUT2D eigenvalue weighted by Gasteiger charge is -2.33. The molecule has 134 valence electrons. The second kappa shape index (κ2) is 6.97. The van der Waals surface area contributed by atoms with E-state index in [0.29, 0.717) is 34.0 Å². The van der Waals surface area contributed by atoms with Crippen LogP contribution in [-0.4, -0.2) is 41.3 Å². The molecule has 26 heavy (non-hydrogen) atoms. The summed E-state index contributed by atoms with van der Waals surface area (Å²) < 4.78 is 0. The number of aromatic amines is 1. The van der Waals surface area contributed by atoms with Gasteiger partial charge in [-0.05, 0) is 30.3 Å². The number of rotatable bonds is 3. The minimum atomic E-state index is -0.131. The molecule has 7 heteroatoms. The summed E-state index contributed by atoms with van der Waals surface area (Å²) in [4.78, 5) is 23.2. The molecule has 0 radical (unpaired) electrons. The fourth-order valence-corrected chi connectivity index (χ4v) is 3.62. The largest absolute Gasteiger partial charge is 0.506 e. The number of fused-ring (bicyclic) bond motifs is 1. The highest BCUT2D eigenvalue weighted by Crippen LogP contribution is 2.26. The van der Waals surface area contributed by atoms with Crippen LogP contribution in [0.4, 0.5) is 5.69 Å². The van der Waals surface area contributed by atoms with E-state index in [-0.39, 0.29) is 5.56 Å². The van der Waals surface area contributed by atoms with Crippen molar-refractivity contribution in [2.75, 3.05) is 31.1 Å². The first-order chi connectivity index (χ1) is 12.6. The predicted octanol–water partition coefficient (Wildman–Crippen LogP) is 1.19. The molecule has 6 nitrogen and oxygen atoms in total. The first kappa shape index (κ1) is 16.9. The molecule has 0 bridgehead atoms. The van der Waals surface area contributed by atoms with E-state index in [2.05, 4.69) is 14.9 Å². The number of anilines is 1. The number of halogens is 1. The van der Waals surface area contributed by atoms with Crippen molar-refractivity contribution in [3.8, 4) is 5.75 Å². The van der Waals surface area contributed by atoms with E-state index < -0.39 is 0 Å². The average Bonchev–Trinajstić information content (AvgIpc) is 2.62. The van der Waals surface area contributed by atoms with Crippen molar-refractivity contribution >= 4 is 28.2 Å². The molecular formula is C19H20ClN4O2+. The summed E-state index contributed by atoms with van der Waals surface area (Å²) in [6.07, 6.45) is 0. The van der Waals surface area contributed by atoms with Crippen molar-refractivity contribution < 1.29 is 10.0 Å². The number of hydrogen-bond donors (Lipinski definition) is 3. The smallest absolute Gasteiger partial charge is 0.258 e. The highest BCUT2D eigenvalue weighted by molar-refractivity contribution is 6.31. The topological polar surface area (TPSA) is 73.7 Å². The third-order valence-electron chi connectivity index (χ3n) is 4.83. The Morgan fingerprint density at radius 2 is 1.96 bits per heavy atom. The van der Waals surface area contributed by atoms with Crippen LogP contribution >= 0.6 is 11.6 Å². The number of quaternary nitrogens is 1. The van der Waals surface area contributed by atoms with Crippen LogP contribution in [0.3, 0.4) is 0 Å². The summed E-state index contributed by atoms with van der Waals surface area (Å²) in [6, 6.07) is 12.5. The van der Waals surface area contributed by atoms with Crippen LogP contribution in [0, 0.1) is 0 Å². The summed E-state index contributed by atoms with van der Waals surface area (Å²) in [5.74, 6) is 0.990. The van der Waals surface area contributed by atoms with Crippen LogP contribution in [0.15, 0.2) is 47.3 Å². The van der Waals surface area contributed by atoms with Crippen molar-refractivity contribution in [3.05, 3.63) is 63.7 Å². The van der Waals surface area contributed by atoms with Gasteiger partial charge in [0.15, 0.2) is 5.82 Å². The van der Waals surface area contributed by atoms with Gasteiger partial charge in [0, 0.05) is 5.02 Å². The van der Waals surface area contributed by atoms with Crippen LogP contribution in [0.1, 0.15) is 5.82 Å². The Hall–Kier alpha value is -2.57. The molecule has 4 rings (SSSR count). The van der Waals surface area contributed by atoms with E-state index in [1.807, 2.05) is 18.2 Å². The number of benzene rings is 2. The van der Waals surface area contributed by atoms with Crippen LogP contribution in [-0.2, 0) is 6.54 Å². The molecule has 0 spiro atoms. The number of para-hydroxylation sites is 2. The van der Waals surface area contributed by atoms with E-state index in [9.17, 15) is 9.90 Å². The first-order valence-corrected chi connectivity index (χ1v) is 9.03. The summed E-state index contributed by atoms with van der Waals surface area (Å²) in [5.41, 5.74) is 1.37. The molecule has 1 aliphatic rings. The lowest BCUT2D eigenvalue weighted by atomic mass is 10.2. The standard InChI is InChI=1S/C19H19ClN4O2/c20-13-5-6-14-15(11-13)21-18(22-19(14)26)12-23-7-9-24(10-8-23)16-3-1-2-4-17(16)25/h1-6,11,25H,7-10,12H2,(H,21,22,26)/p+1. The number of aromatic hydroxyl groups is 1. The first-order valence-electron chi connectivity index (χ1n) is 8.65. The summed E-state index contributed by atoms with van der Waals surface area (Å²) in [5, 5.41) is 11.1. The van der Waals surface area contributed by atoms with Gasteiger partial charge in [-0.3, -0.25) is 4.79 Å². The van der Waals surface area contributed by atoms with Gasteiger partial charge in [0.05, 0.1) is 42.8 Å². The lowest BCUT2D eigenvalue weighted by Crippen LogP contribution is -3.13. The number of phenolic OH excluding ortho intramolecular Hbond substituents is 1. The van der Waals surface area contributed by atoms with Crippen molar-refractivity contribution in [1.29, 1.82) is 0 Å². The van der Waals surface area contributed by atoms with E-state index in [1.54, 1.807) is 24.3 Å². The Balaban J connectivity index is 1.47. The molecular weight excluding hydrogens is 352 g/mol. The van der Waals surface area contributed by atoms with E-state index in [0.717, 1.165) is 31.9 Å². The van der Waals surface area contributed by atoms with Gasteiger partial charge in [-0.1, -0.05) is 23.7 Å². The van der Waals surface area contributed by atoms with Crippen LogP contribution in [0.2, 0.25) is 5.02 Å². The van der Waals surface area contributed by atoms with E-state index in [1.165, 1.54) is 4.90 Å². The number of nitrogens with zero attached hydrogens (tertiary/aromatic N) is 2. The van der Waals surface area contributed by atoms with Gasteiger partial charge >= 0.3 is 0 Å². The number of piperazine rings is 1. The Morgan fingerprint density at radius 3 is 2.73 bits per heavy atom. The van der Waals surface area contributed by atoms with Crippen LogP contribution < -0.4 is 15.4 Å². The highest BCUT2D eigenvalue weighted by Gasteiger charge is 2.22. The van der Waals surface area contributed by atoms with Gasteiger partial charge in [0.25, 0.3) is 5.56 Å². The van der Waals surface area contributed by atoms with E-state index in [4.69, 9.17) is 11.6 Å². The molecule has 0 amide bonds. The third-order valence-corrected chi connectivity index (χ3v) is 5.06. The van der Waals surface area contributed by atoms with Gasteiger partial charge in [0.1, 0.15) is 12.3 Å². The summed E-state index contributed by atoms with van der Waals surface area (Å²) in [6.45, 7) is 4.16. The van der Waals surface area contributed by atoms with Crippen molar-refractivity contribution in [2.45, 2.75) is 6.54 Å². The molecule has 1 saturated heterocycles. The molecule has 0 aliphatic carbocycles. The number of H-pyrrole nitrogens is 1. The lowest BCUT2D eigenvalue weighted by molar-refractivity contribution is -0.915. The Kier molecular flexibility index (Phi) is 4.53. The highest BCUT2D eigenvalue weighted by atomic mass is 35.5. The zero-order chi connectivity index (χ0) is 18.1. The number of hydrogen-bond acceptors (Lipinski definition) is 4. The normalized spacial score (nSPS) is 15.5. The second-order valence-electron chi connectivity index (χ2n) is 6.58. The molecule has 0 atom stereocenters. The molecule has 2 heterocycles. The zero-order valence-corrected chi connectivity index (χ0v) is 15.0. The Labute approximate surface area is 155 Å². The fraction of sp³-hybridized carbons (Fsp3) is 0.263. The average molecular weight is 372 g/mol. The van der Waals surface area contributed by atoms with Gasteiger partial charge in [-0.25, -0.2) is 4.98 Å². The maximum absolute atomic E-state index is 12.2. The van der Waals surface area contributed by atoms with Gasteiger partial charge < -0.3 is 19.9 Å². The molecule has 0 unspecified atom stereocenters. The van der Waals surface area contributed by atoms with Crippen molar-refractivity contribution in [2.24, 2.45) is 0 Å². The molecule has 2 aromatic carbocycles. The quantitative estimate of drug-likeness (QED) is 0.646. The number of aromatic nitrogens is 2. The summed E-state index contributed by atoms with van der Waals surface area (Å²) in [7, 11) is 0. The monoisotopic (exact) mass is 371 g/mol. The maximum atomic E-state index is 12.2. The SMILES string of the molecule is O=c1[nH]c(C[NH+]2CCN(c3ccccc3O)CC2)nc2cc(Cl)ccc12. The van der Waals surface area contributed by atoms with Gasteiger partial charge in [0.2, 0.25) is 0 Å². The Bertz CT molecular complexity index is 996. The summed E-state index contributed by atoms with van der Waals surface area (Å²) >= 11 is 6.02. The minimum absolute atomic E-state index is 0.131. The third kappa shape index (κ3) is 3.38. The van der Waals surface area contributed by atoms with Crippen molar-refractivity contribution in [3.63, 3.8) is 0 Å². The minimum Gasteiger partial charge on any atom is -0.506 e. The molecule has 1 aromatic heterocycles. The predicted molar refractivity (Wildman–Crippen MR) is 102 cm³/mol. The number of phenols is 1. The van der Waals surface area contributed by atoms with Crippen LogP contribution in [0.25, 0.3) is 10.9 Å². The van der Waals surface area contributed by atoms with E-state index >= 15 is 0 Å². The number of nitrogens with one attached hydrogen (secondary N) is 2. The van der Waals surface area contributed by atoms with Crippen molar-refractivity contribution in [1.82, 2.24) is 9.97 Å².